The molecule has 2 N–H and O–H groups in total. The highest BCUT2D eigenvalue weighted by Crippen LogP contribution is 2.23. The van der Waals surface area contributed by atoms with E-state index in [2.05, 4.69) is 25.6 Å². The topological polar surface area (TPSA) is 79.8 Å². The summed E-state index contributed by atoms with van der Waals surface area (Å²) in [6.45, 7) is 0.385. The van der Waals surface area contributed by atoms with Crippen LogP contribution in [0, 0.1) is 0 Å². The van der Waals surface area contributed by atoms with Gasteiger partial charge >= 0.3 is 0 Å². The number of aromatic nitrogens is 3. The molecule has 0 radical (unpaired) electrons. The zero-order valence-electron chi connectivity index (χ0n) is 14.8. The fraction of sp³-hybridized carbons (Fsp3) is 0.0476. The third-order valence-electron chi connectivity index (χ3n) is 4.13. The highest BCUT2D eigenvalue weighted by atomic mass is 35.5. The summed E-state index contributed by atoms with van der Waals surface area (Å²) < 4.78 is 0. The number of nitrogens with one attached hydrogen (secondary N) is 2. The number of rotatable bonds is 5. The predicted molar refractivity (Wildman–Crippen MR) is 110 cm³/mol. The van der Waals surface area contributed by atoms with Gasteiger partial charge in [-0.05, 0) is 35.9 Å². The highest BCUT2D eigenvalue weighted by molar-refractivity contribution is 6.30. The Bertz CT molecular complexity index is 1130. The molecule has 0 fully saturated rings. The van der Waals surface area contributed by atoms with E-state index in [-0.39, 0.29) is 11.6 Å². The number of hydrogen-bond acceptors (Lipinski definition) is 5. The standard InChI is InChI=1S/C21H16ClN5O/c22-16-8-6-14(7-9-16)13-25-20(28)18-10-12-24-21(27-18)26-17-5-1-3-15-4-2-11-23-19(15)17/h1-12H,13H2,(H,25,28)(H,24,26,27). The number of amides is 1. The maximum atomic E-state index is 12.4. The SMILES string of the molecule is O=C(NCc1ccc(Cl)cc1)c1ccnc(Nc2cccc3cccnc23)n1. The quantitative estimate of drug-likeness (QED) is 0.530. The van der Waals surface area contributed by atoms with Crippen molar-refractivity contribution in [1.29, 1.82) is 0 Å². The first-order valence-electron chi connectivity index (χ1n) is 8.65. The van der Waals surface area contributed by atoms with E-state index in [1.165, 1.54) is 0 Å². The second-order valence-electron chi connectivity index (χ2n) is 6.08. The normalized spacial score (nSPS) is 10.6. The van der Waals surface area contributed by atoms with Crippen molar-refractivity contribution in [2.45, 2.75) is 6.54 Å². The van der Waals surface area contributed by atoms with E-state index in [0.29, 0.717) is 17.5 Å². The second-order valence-corrected chi connectivity index (χ2v) is 6.52. The number of fused-ring (bicyclic) bond motifs is 1. The number of carbonyl (C=O) groups excluding carboxylic acids is 1. The van der Waals surface area contributed by atoms with Gasteiger partial charge in [0.15, 0.2) is 0 Å². The maximum Gasteiger partial charge on any atom is 0.270 e. The van der Waals surface area contributed by atoms with Gasteiger partial charge in [0.1, 0.15) is 5.69 Å². The van der Waals surface area contributed by atoms with E-state index in [0.717, 1.165) is 22.2 Å². The molecule has 0 saturated heterocycles. The molecule has 7 heteroatoms. The maximum absolute atomic E-state index is 12.4. The Hall–Kier alpha value is -3.51. The molecule has 28 heavy (non-hydrogen) atoms. The molecule has 2 aromatic heterocycles. The molecule has 6 nitrogen and oxygen atoms in total. The van der Waals surface area contributed by atoms with Crippen molar-refractivity contribution in [3.05, 3.63) is 89.3 Å². The molecular weight excluding hydrogens is 374 g/mol. The Balaban J connectivity index is 1.49. The lowest BCUT2D eigenvalue weighted by Gasteiger charge is -2.09. The minimum Gasteiger partial charge on any atom is -0.347 e. The lowest BCUT2D eigenvalue weighted by Crippen LogP contribution is -2.24. The number of pyridine rings is 1. The largest absolute Gasteiger partial charge is 0.347 e. The minimum absolute atomic E-state index is 0.277. The molecule has 0 bridgehead atoms. The lowest BCUT2D eigenvalue weighted by molar-refractivity contribution is 0.0946. The van der Waals surface area contributed by atoms with Crippen LogP contribution < -0.4 is 10.6 Å². The minimum atomic E-state index is -0.281. The summed E-state index contributed by atoms with van der Waals surface area (Å²) in [7, 11) is 0. The van der Waals surface area contributed by atoms with E-state index in [4.69, 9.17) is 11.6 Å². The Morgan fingerprint density at radius 2 is 1.75 bits per heavy atom. The average Bonchev–Trinajstić information content (AvgIpc) is 2.74. The third-order valence-corrected chi connectivity index (χ3v) is 4.39. The van der Waals surface area contributed by atoms with Gasteiger partial charge in [-0.25, -0.2) is 9.97 Å². The molecule has 0 spiro atoms. The van der Waals surface area contributed by atoms with Crippen molar-refractivity contribution in [1.82, 2.24) is 20.3 Å². The number of halogens is 1. The van der Waals surface area contributed by atoms with Gasteiger partial charge in [0.05, 0.1) is 11.2 Å². The Labute approximate surface area is 166 Å². The smallest absolute Gasteiger partial charge is 0.270 e. The van der Waals surface area contributed by atoms with Gasteiger partial charge in [-0.3, -0.25) is 9.78 Å². The van der Waals surface area contributed by atoms with Gasteiger partial charge in [0.2, 0.25) is 5.95 Å². The van der Waals surface area contributed by atoms with Crippen LogP contribution in [0.1, 0.15) is 16.1 Å². The number of para-hydroxylation sites is 1. The highest BCUT2D eigenvalue weighted by Gasteiger charge is 2.10. The zero-order chi connectivity index (χ0) is 19.3. The lowest BCUT2D eigenvalue weighted by atomic mass is 10.2. The molecule has 2 aromatic carbocycles. The van der Waals surface area contributed by atoms with Crippen molar-refractivity contribution >= 4 is 40.0 Å². The van der Waals surface area contributed by atoms with Crippen molar-refractivity contribution in [2.75, 3.05) is 5.32 Å². The molecule has 138 valence electrons. The van der Waals surface area contributed by atoms with Gasteiger partial charge in [0.25, 0.3) is 5.91 Å². The molecule has 0 aliphatic rings. The van der Waals surface area contributed by atoms with Crippen LogP contribution in [0.3, 0.4) is 0 Å². The van der Waals surface area contributed by atoms with Crippen LogP contribution >= 0.6 is 11.6 Å². The summed E-state index contributed by atoms with van der Waals surface area (Å²) in [6.07, 6.45) is 3.28. The molecule has 4 rings (SSSR count). The van der Waals surface area contributed by atoms with Gasteiger partial charge in [-0.1, -0.05) is 41.9 Å². The third kappa shape index (κ3) is 4.07. The van der Waals surface area contributed by atoms with Gasteiger partial charge in [-0.2, -0.15) is 0 Å². The first-order valence-corrected chi connectivity index (χ1v) is 9.03. The van der Waals surface area contributed by atoms with Crippen LogP contribution in [0.2, 0.25) is 5.02 Å². The molecule has 0 aliphatic carbocycles. The van der Waals surface area contributed by atoms with Crippen molar-refractivity contribution in [2.24, 2.45) is 0 Å². The summed E-state index contributed by atoms with van der Waals surface area (Å²) in [5, 5.41) is 7.65. The molecular formula is C21H16ClN5O. The van der Waals surface area contributed by atoms with E-state index >= 15 is 0 Å². The average molecular weight is 390 g/mol. The van der Waals surface area contributed by atoms with Gasteiger partial charge < -0.3 is 10.6 Å². The van der Waals surface area contributed by atoms with Gasteiger partial charge in [0, 0.05) is 29.3 Å². The van der Waals surface area contributed by atoms with Crippen molar-refractivity contribution in [3.8, 4) is 0 Å². The Morgan fingerprint density at radius 3 is 2.61 bits per heavy atom. The van der Waals surface area contributed by atoms with E-state index in [9.17, 15) is 4.79 Å². The Morgan fingerprint density at radius 1 is 0.929 bits per heavy atom. The van der Waals surface area contributed by atoms with E-state index in [1.54, 1.807) is 30.6 Å². The summed E-state index contributed by atoms with van der Waals surface area (Å²) in [5.41, 5.74) is 2.81. The molecule has 0 atom stereocenters. The van der Waals surface area contributed by atoms with Crippen LogP contribution in [-0.4, -0.2) is 20.9 Å². The van der Waals surface area contributed by atoms with E-state index in [1.807, 2.05) is 42.5 Å². The van der Waals surface area contributed by atoms with Crippen LogP contribution in [0.4, 0.5) is 11.6 Å². The second kappa shape index (κ2) is 8.02. The van der Waals surface area contributed by atoms with Crippen LogP contribution in [0.25, 0.3) is 10.9 Å². The number of nitrogens with zero attached hydrogens (tertiary/aromatic N) is 3. The summed E-state index contributed by atoms with van der Waals surface area (Å²) in [5.74, 6) is 0.0498. The molecule has 4 aromatic rings. The van der Waals surface area contributed by atoms with Crippen molar-refractivity contribution < 1.29 is 4.79 Å². The summed E-state index contributed by atoms with van der Waals surface area (Å²) >= 11 is 5.87. The fourth-order valence-electron chi connectivity index (χ4n) is 2.75. The fourth-order valence-corrected chi connectivity index (χ4v) is 2.87. The predicted octanol–water partition coefficient (Wildman–Crippen LogP) is 4.35. The van der Waals surface area contributed by atoms with Crippen LogP contribution in [-0.2, 0) is 6.54 Å². The Kier molecular flexibility index (Phi) is 5.12. The molecule has 0 aliphatic heterocycles. The molecule has 0 unspecified atom stereocenters. The summed E-state index contributed by atoms with van der Waals surface area (Å²) in [4.78, 5) is 25.4. The number of anilines is 2. The van der Waals surface area contributed by atoms with Crippen LogP contribution in [0.5, 0.6) is 0 Å². The first-order chi connectivity index (χ1) is 13.7. The first kappa shape index (κ1) is 17.9. The number of benzene rings is 2. The van der Waals surface area contributed by atoms with Gasteiger partial charge in [-0.15, -0.1) is 0 Å². The number of carbonyl (C=O) groups is 1. The zero-order valence-corrected chi connectivity index (χ0v) is 15.5. The molecule has 0 saturated carbocycles. The summed E-state index contributed by atoms with van der Waals surface area (Å²) in [6, 6.07) is 18.5. The number of hydrogen-bond donors (Lipinski definition) is 2. The molecule has 2 heterocycles. The van der Waals surface area contributed by atoms with Crippen molar-refractivity contribution in [3.63, 3.8) is 0 Å². The monoisotopic (exact) mass is 389 g/mol. The van der Waals surface area contributed by atoms with E-state index < -0.39 is 0 Å². The molecule has 1 amide bonds. The van der Waals surface area contributed by atoms with Crippen LogP contribution in [0.15, 0.2) is 73.1 Å².